The van der Waals surface area contributed by atoms with Crippen molar-refractivity contribution in [3.8, 4) is 17.1 Å². The van der Waals surface area contributed by atoms with E-state index in [2.05, 4.69) is 29.1 Å². The van der Waals surface area contributed by atoms with Crippen LogP contribution in [-0.2, 0) is 26.8 Å². The third-order valence-electron chi connectivity index (χ3n) is 11.2. The first-order chi connectivity index (χ1) is 20.2. The molecule has 0 amide bonds. The molecule has 2 aromatic carbocycles. The number of likely N-dealkylation sites (tertiary alicyclic amines) is 1. The number of piperidine rings is 1. The van der Waals surface area contributed by atoms with E-state index in [1.165, 1.54) is 24.0 Å². The zero-order valence-electron chi connectivity index (χ0n) is 24.8. The molecule has 0 N–H and O–H groups in total. The Balaban J connectivity index is 1.16. The van der Waals surface area contributed by atoms with E-state index >= 15 is 0 Å². The van der Waals surface area contributed by atoms with Crippen LogP contribution in [0.15, 0.2) is 47.0 Å². The number of aromatic nitrogens is 2. The van der Waals surface area contributed by atoms with Crippen molar-refractivity contribution < 1.29 is 18.8 Å². The summed E-state index contributed by atoms with van der Waals surface area (Å²) in [7, 11) is 0. The Morgan fingerprint density at radius 1 is 1.12 bits per heavy atom. The van der Waals surface area contributed by atoms with Crippen molar-refractivity contribution in [1.82, 2.24) is 15.0 Å². The van der Waals surface area contributed by atoms with Crippen LogP contribution in [0, 0.1) is 18.3 Å². The molecule has 2 saturated carbocycles. The minimum atomic E-state index is -0.612. The van der Waals surface area contributed by atoms with Crippen LogP contribution in [-0.4, -0.2) is 51.8 Å². The maximum Gasteiger partial charge on any atom is 0.233 e. The number of benzene rings is 2. The highest BCUT2D eigenvalue weighted by Gasteiger charge is 2.73. The van der Waals surface area contributed by atoms with Crippen molar-refractivity contribution in [3.05, 3.63) is 65.0 Å². The standard InChI is InChI=1S/C35H39N3O4/c1-21-9-12-24-17-27-34(19-25(39)18-33(2,3)32-36-31(37-42-32)23-7-5-4-6-8-23)14-13-26(40)30-35(34,28(24)29(21)41-30)15-16-38(27)20-22-10-11-22/h4-9,12,22,27,30H,10-11,13-20H2,1-3H3/t27-,30+,34-,35+/m1/s1. The van der Waals surface area contributed by atoms with Gasteiger partial charge in [-0.25, -0.2) is 0 Å². The number of carbonyl (C=O) groups is 2. The molecule has 1 spiro atoms. The van der Waals surface area contributed by atoms with Gasteiger partial charge >= 0.3 is 0 Å². The number of nitrogens with zero attached hydrogens (tertiary/aromatic N) is 3. The van der Waals surface area contributed by atoms with E-state index in [1.807, 2.05) is 44.2 Å². The van der Waals surface area contributed by atoms with Crippen molar-refractivity contribution in [1.29, 1.82) is 0 Å². The fourth-order valence-electron chi connectivity index (χ4n) is 9.17. The second-order valence-electron chi connectivity index (χ2n) is 14.3. The first-order valence-electron chi connectivity index (χ1n) is 15.7. The molecule has 3 heterocycles. The molecule has 7 nitrogen and oxygen atoms in total. The van der Waals surface area contributed by atoms with Gasteiger partial charge in [0.15, 0.2) is 11.9 Å². The van der Waals surface area contributed by atoms with E-state index in [9.17, 15) is 9.59 Å². The van der Waals surface area contributed by atoms with Crippen molar-refractivity contribution in [2.24, 2.45) is 11.3 Å². The molecule has 3 aliphatic carbocycles. The summed E-state index contributed by atoms with van der Waals surface area (Å²) >= 11 is 0. The quantitative estimate of drug-likeness (QED) is 0.343. The normalized spacial score (nSPS) is 29.7. The smallest absolute Gasteiger partial charge is 0.233 e. The summed E-state index contributed by atoms with van der Waals surface area (Å²) in [4.78, 5) is 35.4. The van der Waals surface area contributed by atoms with E-state index < -0.39 is 16.9 Å². The van der Waals surface area contributed by atoms with Gasteiger partial charge in [0.25, 0.3) is 0 Å². The number of Topliss-reactive ketones (excluding diaryl/α,β-unsaturated/α-hetero) is 2. The third kappa shape index (κ3) is 3.68. The molecule has 2 aliphatic heterocycles. The van der Waals surface area contributed by atoms with Gasteiger partial charge in [-0.15, -0.1) is 0 Å². The van der Waals surface area contributed by atoms with Gasteiger partial charge in [-0.1, -0.05) is 61.5 Å². The Kier molecular flexibility index (Phi) is 5.70. The van der Waals surface area contributed by atoms with Crippen LogP contribution in [0.4, 0.5) is 0 Å². The largest absolute Gasteiger partial charge is 0.481 e. The lowest BCUT2D eigenvalue weighted by Crippen LogP contribution is -2.73. The van der Waals surface area contributed by atoms with E-state index in [0.29, 0.717) is 31.0 Å². The lowest BCUT2D eigenvalue weighted by molar-refractivity contribution is -0.161. The maximum atomic E-state index is 14.3. The summed E-state index contributed by atoms with van der Waals surface area (Å²) < 4.78 is 12.4. The van der Waals surface area contributed by atoms with Gasteiger partial charge in [0.1, 0.15) is 11.5 Å². The van der Waals surface area contributed by atoms with Gasteiger partial charge in [-0.2, -0.15) is 4.98 Å². The molecule has 4 atom stereocenters. The molecule has 0 unspecified atom stereocenters. The number of hydrogen-bond acceptors (Lipinski definition) is 7. The Morgan fingerprint density at radius 2 is 1.93 bits per heavy atom. The number of ether oxygens (including phenoxy) is 1. The molecule has 3 fully saturated rings. The Bertz CT molecular complexity index is 1590. The second kappa shape index (κ2) is 9.09. The van der Waals surface area contributed by atoms with Gasteiger partial charge in [0.05, 0.1) is 10.8 Å². The van der Waals surface area contributed by atoms with Gasteiger partial charge in [0, 0.05) is 48.4 Å². The lowest BCUT2D eigenvalue weighted by atomic mass is 9.42. The summed E-state index contributed by atoms with van der Waals surface area (Å²) in [5.41, 5.74) is 3.17. The molecule has 42 heavy (non-hydrogen) atoms. The van der Waals surface area contributed by atoms with E-state index in [-0.39, 0.29) is 23.0 Å². The van der Waals surface area contributed by atoms with Crippen LogP contribution >= 0.6 is 0 Å². The summed E-state index contributed by atoms with van der Waals surface area (Å²) in [5, 5.41) is 4.23. The van der Waals surface area contributed by atoms with Gasteiger partial charge in [0.2, 0.25) is 11.7 Å². The van der Waals surface area contributed by atoms with Gasteiger partial charge < -0.3 is 9.26 Å². The van der Waals surface area contributed by atoms with Crippen molar-refractivity contribution >= 4 is 11.6 Å². The fraction of sp³-hybridized carbons (Fsp3) is 0.543. The Labute approximate surface area is 247 Å². The molecule has 2 bridgehead atoms. The second-order valence-corrected chi connectivity index (χ2v) is 14.3. The fourth-order valence-corrected chi connectivity index (χ4v) is 9.17. The summed E-state index contributed by atoms with van der Waals surface area (Å²) in [6.45, 7) is 8.19. The minimum Gasteiger partial charge on any atom is -0.481 e. The summed E-state index contributed by atoms with van der Waals surface area (Å²) in [5.74, 6) is 3.10. The zero-order valence-corrected chi connectivity index (χ0v) is 24.8. The van der Waals surface area contributed by atoms with E-state index in [0.717, 1.165) is 55.1 Å². The van der Waals surface area contributed by atoms with E-state index in [1.54, 1.807) is 0 Å². The van der Waals surface area contributed by atoms with Crippen LogP contribution in [0.5, 0.6) is 5.75 Å². The predicted molar refractivity (Wildman–Crippen MR) is 157 cm³/mol. The van der Waals surface area contributed by atoms with Crippen LogP contribution < -0.4 is 4.74 Å². The van der Waals surface area contributed by atoms with Crippen molar-refractivity contribution in [3.63, 3.8) is 0 Å². The van der Waals surface area contributed by atoms with Crippen LogP contribution in [0.25, 0.3) is 11.4 Å². The SMILES string of the molecule is Cc1ccc2c3c1O[C@H]1C(=O)CC[C@@]4(CC(=O)CC(C)(C)c5nc(-c6ccccc6)no5)[C@@H](C2)N(CC2CC2)CC[C@]314. The summed E-state index contributed by atoms with van der Waals surface area (Å²) in [6, 6.07) is 14.4. The number of aryl methyl sites for hydroxylation is 1. The first-order valence-corrected chi connectivity index (χ1v) is 15.7. The topological polar surface area (TPSA) is 85.5 Å². The molecular formula is C35H39N3O4. The Morgan fingerprint density at radius 3 is 2.71 bits per heavy atom. The average Bonchev–Trinajstić information content (AvgIpc) is 3.49. The van der Waals surface area contributed by atoms with Crippen molar-refractivity contribution in [2.75, 3.05) is 13.1 Å². The van der Waals surface area contributed by atoms with Crippen LogP contribution in [0.3, 0.4) is 0 Å². The molecule has 1 aromatic heterocycles. The number of hydrogen-bond donors (Lipinski definition) is 0. The average molecular weight is 566 g/mol. The van der Waals surface area contributed by atoms with Crippen LogP contribution in [0.2, 0.25) is 0 Å². The molecule has 3 aromatic rings. The first kappa shape index (κ1) is 26.3. The predicted octanol–water partition coefficient (Wildman–Crippen LogP) is 5.76. The molecular weight excluding hydrogens is 526 g/mol. The molecule has 8 rings (SSSR count). The van der Waals surface area contributed by atoms with Crippen molar-refractivity contribution in [2.45, 2.75) is 95.1 Å². The molecule has 0 radical (unpaired) electrons. The van der Waals surface area contributed by atoms with E-state index in [4.69, 9.17) is 14.2 Å². The zero-order chi connectivity index (χ0) is 28.9. The Hall–Kier alpha value is -3.32. The number of carbonyl (C=O) groups excluding carboxylic acids is 2. The monoisotopic (exact) mass is 565 g/mol. The minimum absolute atomic E-state index is 0.203. The highest BCUT2D eigenvalue weighted by molar-refractivity contribution is 5.91. The molecule has 5 aliphatic rings. The summed E-state index contributed by atoms with van der Waals surface area (Å²) in [6.07, 6.45) is 5.88. The number of ketones is 2. The molecule has 218 valence electrons. The lowest BCUT2D eigenvalue weighted by Gasteiger charge is -2.65. The van der Waals surface area contributed by atoms with Gasteiger partial charge in [-0.05, 0) is 62.6 Å². The number of rotatable bonds is 8. The highest BCUT2D eigenvalue weighted by atomic mass is 16.5. The molecule has 7 heteroatoms. The van der Waals surface area contributed by atoms with Gasteiger partial charge in [-0.3, -0.25) is 14.5 Å². The molecule has 1 saturated heterocycles. The third-order valence-corrected chi connectivity index (χ3v) is 11.2. The highest BCUT2D eigenvalue weighted by Crippen LogP contribution is 2.69. The van der Waals surface area contributed by atoms with Crippen LogP contribution in [0.1, 0.15) is 81.4 Å². The maximum absolute atomic E-state index is 14.3.